The van der Waals surface area contributed by atoms with E-state index in [1.807, 2.05) is 18.2 Å². The van der Waals surface area contributed by atoms with Crippen LogP contribution in [0.15, 0.2) is 69.6 Å². The number of aromatic nitrogens is 1. The predicted molar refractivity (Wildman–Crippen MR) is 116 cm³/mol. The van der Waals surface area contributed by atoms with Crippen molar-refractivity contribution >= 4 is 61.2 Å². The Morgan fingerprint density at radius 2 is 1.96 bits per heavy atom. The van der Waals surface area contributed by atoms with Gasteiger partial charge < -0.3 is 14.8 Å². The Morgan fingerprint density at radius 1 is 1.11 bits per heavy atom. The highest BCUT2D eigenvalue weighted by Crippen LogP contribution is 2.31. The van der Waals surface area contributed by atoms with Crippen LogP contribution in [0, 0.1) is 3.57 Å². The summed E-state index contributed by atoms with van der Waals surface area (Å²) < 4.78 is 7.34. The number of carbonyl (C=O) groups is 1. The molecule has 0 aliphatic heterocycles. The molecule has 0 saturated heterocycles. The van der Waals surface area contributed by atoms with Crippen LogP contribution in [0.1, 0.15) is 10.4 Å². The van der Waals surface area contributed by atoms with E-state index < -0.39 is 0 Å². The van der Waals surface area contributed by atoms with Gasteiger partial charge in [-0.2, -0.15) is 0 Å². The molecule has 1 amide bonds. The molecule has 0 spiro atoms. The lowest BCUT2D eigenvalue weighted by Crippen LogP contribution is -2.11. The standard InChI is InChI=1S/C20H12BrIN2O3/c21-15-9-12(4-6-17(15)25)20-24-16-10-14(5-7-18(16)27-20)23-19(26)11-2-1-3-13(22)8-11/h1-10,25H,(H,23,26). The van der Waals surface area contributed by atoms with E-state index in [1.54, 1.807) is 42.5 Å². The SMILES string of the molecule is O=C(Nc1ccc2oc(-c3ccc(O)c(Br)c3)nc2c1)c1cccc(I)c1. The zero-order chi connectivity index (χ0) is 19.0. The largest absolute Gasteiger partial charge is 0.507 e. The topological polar surface area (TPSA) is 75.4 Å². The van der Waals surface area contributed by atoms with Gasteiger partial charge in [0.1, 0.15) is 11.3 Å². The van der Waals surface area contributed by atoms with Crippen LogP contribution in [0.5, 0.6) is 5.75 Å². The molecule has 0 aliphatic rings. The molecule has 0 atom stereocenters. The molecular formula is C20H12BrIN2O3. The number of anilines is 1. The van der Waals surface area contributed by atoms with Crippen LogP contribution < -0.4 is 5.32 Å². The highest BCUT2D eigenvalue weighted by Gasteiger charge is 2.12. The Balaban J connectivity index is 1.62. The fourth-order valence-corrected chi connectivity index (χ4v) is 3.52. The monoisotopic (exact) mass is 534 g/mol. The summed E-state index contributed by atoms with van der Waals surface area (Å²) in [5.41, 5.74) is 3.21. The first kappa shape index (κ1) is 18.0. The molecule has 0 fully saturated rings. The summed E-state index contributed by atoms with van der Waals surface area (Å²) in [5, 5.41) is 12.5. The summed E-state index contributed by atoms with van der Waals surface area (Å²) in [6, 6.07) is 17.7. The molecule has 4 rings (SSSR count). The van der Waals surface area contributed by atoms with Gasteiger partial charge in [0.25, 0.3) is 5.91 Å². The number of nitrogens with zero attached hydrogens (tertiary/aromatic N) is 1. The Kier molecular flexibility index (Phi) is 4.88. The third-order valence-corrected chi connectivity index (χ3v) is 5.23. The smallest absolute Gasteiger partial charge is 0.255 e. The second-order valence-electron chi connectivity index (χ2n) is 5.83. The van der Waals surface area contributed by atoms with E-state index in [-0.39, 0.29) is 11.7 Å². The number of carbonyl (C=O) groups excluding carboxylic acids is 1. The number of halogens is 2. The van der Waals surface area contributed by atoms with Crippen LogP contribution in [-0.2, 0) is 0 Å². The Labute approximate surface area is 176 Å². The van der Waals surface area contributed by atoms with Gasteiger partial charge in [0, 0.05) is 20.4 Å². The summed E-state index contributed by atoms with van der Waals surface area (Å²) in [4.78, 5) is 16.9. The zero-order valence-corrected chi connectivity index (χ0v) is 17.5. The van der Waals surface area contributed by atoms with Gasteiger partial charge in [0.05, 0.1) is 4.47 Å². The van der Waals surface area contributed by atoms with Crippen molar-refractivity contribution in [2.24, 2.45) is 0 Å². The summed E-state index contributed by atoms with van der Waals surface area (Å²) in [5.74, 6) is 0.404. The fourth-order valence-electron chi connectivity index (χ4n) is 2.60. The number of amides is 1. The number of phenolic OH excluding ortho intramolecular Hbond substituents is 1. The highest BCUT2D eigenvalue weighted by atomic mass is 127. The molecule has 1 aromatic heterocycles. The maximum Gasteiger partial charge on any atom is 0.255 e. The molecule has 27 heavy (non-hydrogen) atoms. The third kappa shape index (κ3) is 3.84. The van der Waals surface area contributed by atoms with Gasteiger partial charge in [-0.3, -0.25) is 4.79 Å². The van der Waals surface area contributed by atoms with Gasteiger partial charge in [0.15, 0.2) is 5.58 Å². The second-order valence-corrected chi connectivity index (χ2v) is 7.93. The number of oxazole rings is 1. The molecule has 4 aromatic rings. The molecule has 2 N–H and O–H groups in total. The molecule has 0 aliphatic carbocycles. The number of fused-ring (bicyclic) bond motifs is 1. The zero-order valence-electron chi connectivity index (χ0n) is 13.7. The molecule has 0 unspecified atom stereocenters. The molecule has 0 saturated carbocycles. The lowest BCUT2D eigenvalue weighted by Gasteiger charge is -2.05. The van der Waals surface area contributed by atoms with E-state index in [0.29, 0.717) is 32.7 Å². The van der Waals surface area contributed by atoms with E-state index in [4.69, 9.17) is 4.42 Å². The van der Waals surface area contributed by atoms with Crippen LogP contribution in [-0.4, -0.2) is 16.0 Å². The van der Waals surface area contributed by atoms with Crippen LogP contribution in [0.3, 0.4) is 0 Å². The Morgan fingerprint density at radius 3 is 2.74 bits per heavy atom. The van der Waals surface area contributed by atoms with Crippen molar-refractivity contribution in [3.05, 3.63) is 74.3 Å². The summed E-state index contributed by atoms with van der Waals surface area (Å²) >= 11 is 5.46. The Bertz CT molecular complexity index is 1170. The quantitative estimate of drug-likeness (QED) is 0.325. The van der Waals surface area contributed by atoms with Crippen LogP contribution in [0.2, 0.25) is 0 Å². The number of nitrogens with one attached hydrogen (secondary N) is 1. The first-order valence-electron chi connectivity index (χ1n) is 7.96. The van der Waals surface area contributed by atoms with E-state index in [1.165, 1.54) is 0 Å². The number of hydrogen-bond donors (Lipinski definition) is 2. The van der Waals surface area contributed by atoms with Crippen LogP contribution >= 0.6 is 38.5 Å². The van der Waals surface area contributed by atoms with Crippen molar-refractivity contribution < 1.29 is 14.3 Å². The van der Waals surface area contributed by atoms with Gasteiger partial charge in [-0.05, 0) is 93.1 Å². The minimum Gasteiger partial charge on any atom is -0.507 e. The molecule has 5 nitrogen and oxygen atoms in total. The van der Waals surface area contributed by atoms with Gasteiger partial charge in [0.2, 0.25) is 5.89 Å². The van der Waals surface area contributed by atoms with Crippen LogP contribution in [0.25, 0.3) is 22.6 Å². The second kappa shape index (κ2) is 7.32. The maximum absolute atomic E-state index is 12.4. The van der Waals surface area contributed by atoms with Crippen LogP contribution in [0.4, 0.5) is 5.69 Å². The van der Waals surface area contributed by atoms with Crippen molar-refractivity contribution in [1.82, 2.24) is 4.98 Å². The molecule has 7 heteroatoms. The number of rotatable bonds is 3. The number of phenols is 1. The third-order valence-electron chi connectivity index (χ3n) is 3.93. The van der Waals surface area contributed by atoms with Crippen molar-refractivity contribution in [3.63, 3.8) is 0 Å². The molecule has 3 aromatic carbocycles. The lowest BCUT2D eigenvalue weighted by molar-refractivity contribution is 0.102. The van der Waals surface area contributed by atoms with Crippen molar-refractivity contribution in [2.75, 3.05) is 5.32 Å². The van der Waals surface area contributed by atoms with Crippen molar-refractivity contribution in [2.45, 2.75) is 0 Å². The predicted octanol–water partition coefficient (Wildman–Crippen LogP) is 5.82. The Hall–Kier alpha value is -2.39. The lowest BCUT2D eigenvalue weighted by atomic mass is 10.2. The van der Waals surface area contributed by atoms with E-state index in [2.05, 4.69) is 48.8 Å². The summed E-state index contributed by atoms with van der Waals surface area (Å²) in [6.45, 7) is 0. The number of aromatic hydroxyl groups is 1. The first-order chi connectivity index (χ1) is 13.0. The van der Waals surface area contributed by atoms with Gasteiger partial charge in [-0.15, -0.1) is 0 Å². The van der Waals surface area contributed by atoms with Crippen molar-refractivity contribution in [1.29, 1.82) is 0 Å². The molecule has 0 radical (unpaired) electrons. The van der Waals surface area contributed by atoms with E-state index in [9.17, 15) is 9.90 Å². The molecule has 0 bridgehead atoms. The fraction of sp³-hybridized carbons (Fsp3) is 0. The summed E-state index contributed by atoms with van der Waals surface area (Å²) in [6.07, 6.45) is 0. The molecule has 134 valence electrons. The van der Waals surface area contributed by atoms with Gasteiger partial charge in [-0.1, -0.05) is 6.07 Å². The number of benzene rings is 3. The minimum atomic E-state index is -0.181. The van der Waals surface area contributed by atoms with Gasteiger partial charge in [-0.25, -0.2) is 4.98 Å². The molecular weight excluding hydrogens is 523 g/mol. The normalized spacial score (nSPS) is 10.9. The van der Waals surface area contributed by atoms with Gasteiger partial charge >= 0.3 is 0 Å². The first-order valence-corrected chi connectivity index (χ1v) is 9.83. The number of hydrogen-bond acceptors (Lipinski definition) is 4. The highest BCUT2D eigenvalue weighted by molar-refractivity contribution is 14.1. The minimum absolute atomic E-state index is 0.149. The average molecular weight is 535 g/mol. The van der Waals surface area contributed by atoms with E-state index in [0.717, 1.165) is 9.13 Å². The average Bonchev–Trinajstić information content (AvgIpc) is 3.07. The van der Waals surface area contributed by atoms with Crippen molar-refractivity contribution in [3.8, 4) is 17.2 Å². The molecule has 1 heterocycles. The van der Waals surface area contributed by atoms with E-state index >= 15 is 0 Å². The maximum atomic E-state index is 12.4. The summed E-state index contributed by atoms with van der Waals surface area (Å²) in [7, 11) is 0.